The fourth-order valence-electron chi connectivity index (χ4n) is 3.94. The molecule has 1 aromatic heterocycles. The molecule has 0 spiro atoms. The highest BCUT2D eigenvalue weighted by atomic mass is 32.2. The van der Waals surface area contributed by atoms with Gasteiger partial charge in [-0.05, 0) is 55.5 Å². The van der Waals surface area contributed by atoms with E-state index in [4.69, 9.17) is 9.15 Å². The topological polar surface area (TPSA) is 76.8 Å². The lowest BCUT2D eigenvalue weighted by Gasteiger charge is -2.27. The molecule has 0 radical (unpaired) electrons. The zero-order chi connectivity index (χ0) is 20.6. The highest BCUT2D eigenvalue weighted by molar-refractivity contribution is 7.91. The van der Waals surface area contributed by atoms with Crippen molar-refractivity contribution in [3.05, 3.63) is 53.5 Å². The number of hydrogen-bond donors (Lipinski definition) is 0. The van der Waals surface area contributed by atoms with Crippen LogP contribution >= 0.6 is 0 Å². The number of amides is 1. The van der Waals surface area contributed by atoms with Gasteiger partial charge in [-0.25, -0.2) is 8.42 Å². The van der Waals surface area contributed by atoms with Crippen molar-refractivity contribution < 1.29 is 22.4 Å². The normalized spacial score (nSPS) is 25.0. The molecule has 0 bridgehead atoms. The number of carbonyl (C=O) groups is 1. The van der Waals surface area contributed by atoms with Gasteiger partial charge >= 0.3 is 0 Å². The van der Waals surface area contributed by atoms with Crippen molar-refractivity contribution in [3.63, 3.8) is 0 Å². The Labute approximate surface area is 171 Å². The molecule has 4 rings (SSSR count). The molecule has 1 aliphatic carbocycles. The average molecular weight is 418 g/mol. The van der Waals surface area contributed by atoms with E-state index < -0.39 is 9.84 Å². The molecule has 3 atom stereocenters. The molecule has 2 aromatic rings. The van der Waals surface area contributed by atoms with Gasteiger partial charge in [0, 0.05) is 12.0 Å². The van der Waals surface area contributed by atoms with E-state index in [1.54, 1.807) is 11.0 Å². The van der Waals surface area contributed by atoms with Crippen LogP contribution in [0, 0.1) is 12.8 Å². The second-order valence-electron chi connectivity index (χ2n) is 8.31. The zero-order valence-corrected chi connectivity index (χ0v) is 17.7. The first kappa shape index (κ1) is 20.0. The Morgan fingerprint density at radius 3 is 2.72 bits per heavy atom. The molecule has 6 nitrogen and oxygen atoms in total. The summed E-state index contributed by atoms with van der Waals surface area (Å²) < 4.78 is 35.6. The van der Waals surface area contributed by atoms with Crippen LogP contribution in [0.4, 0.5) is 0 Å². The van der Waals surface area contributed by atoms with E-state index in [9.17, 15) is 13.2 Å². The van der Waals surface area contributed by atoms with Crippen molar-refractivity contribution in [2.24, 2.45) is 5.92 Å². The number of rotatable bonds is 7. The van der Waals surface area contributed by atoms with Crippen molar-refractivity contribution in [3.8, 4) is 5.75 Å². The van der Waals surface area contributed by atoms with Crippen LogP contribution in [0.25, 0.3) is 0 Å². The van der Waals surface area contributed by atoms with Gasteiger partial charge in [0.05, 0.1) is 18.1 Å². The van der Waals surface area contributed by atoms with Gasteiger partial charge in [0.1, 0.15) is 17.3 Å². The van der Waals surface area contributed by atoms with Gasteiger partial charge in [-0.15, -0.1) is 0 Å². The lowest BCUT2D eigenvalue weighted by molar-refractivity contribution is -0.136. The first-order chi connectivity index (χ1) is 13.8. The van der Waals surface area contributed by atoms with Crippen LogP contribution in [0.3, 0.4) is 0 Å². The van der Waals surface area contributed by atoms with Crippen LogP contribution in [0.5, 0.6) is 5.75 Å². The molecule has 0 N–H and O–H groups in total. The third-order valence-corrected chi connectivity index (χ3v) is 7.56. The lowest BCUT2D eigenvalue weighted by Crippen LogP contribution is -2.43. The van der Waals surface area contributed by atoms with Crippen LogP contribution in [0.2, 0.25) is 0 Å². The summed E-state index contributed by atoms with van der Waals surface area (Å²) in [7, 11) is -3.11. The van der Waals surface area contributed by atoms with E-state index in [0.29, 0.717) is 29.8 Å². The van der Waals surface area contributed by atoms with E-state index in [1.807, 2.05) is 37.3 Å². The van der Waals surface area contributed by atoms with Crippen LogP contribution in [-0.4, -0.2) is 43.4 Å². The largest absolute Gasteiger partial charge is 0.484 e. The van der Waals surface area contributed by atoms with E-state index in [2.05, 4.69) is 6.92 Å². The fraction of sp³-hybridized carbons (Fsp3) is 0.500. The molecule has 1 saturated carbocycles. The first-order valence-electron chi connectivity index (χ1n) is 10.1. The molecule has 1 saturated heterocycles. The van der Waals surface area contributed by atoms with E-state index >= 15 is 0 Å². The minimum atomic E-state index is -3.11. The summed E-state index contributed by atoms with van der Waals surface area (Å²) in [6.07, 6.45) is 1.58. The predicted molar refractivity (Wildman–Crippen MR) is 110 cm³/mol. The lowest BCUT2D eigenvalue weighted by atomic mass is 10.2. The van der Waals surface area contributed by atoms with Crippen molar-refractivity contribution in [2.45, 2.75) is 45.2 Å². The number of furan rings is 1. The summed E-state index contributed by atoms with van der Waals surface area (Å²) in [5, 5.41) is 0. The van der Waals surface area contributed by atoms with Crippen molar-refractivity contribution in [2.75, 3.05) is 18.1 Å². The van der Waals surface area contributed by atoms with Gasteiger partial charge in [-0.3, -0.25) is 4.79 Å². The summed E-state index contributed by atoms with van der Waals surface area (Å²) in [5.41, 5.74) is 1.05. The Morgan fingerprint density at radius 2 is 2.07 bits per heavy atom. The number of carbonyl (C=O) groups excluding carboxylic acids is 1. The minimum Gasteiger partial charge on any atom is -0.484 e. The number of aryl methyl sites for hydroxylation is 1. The van der Waals surface area contributed by atoms with E-state index in [-0.39, 0.29) is 36.6 Å². The van der Waals surface area contributed by atoms with Gasteiger partial charge in [0.25, 0.3) is 5.91 Å². The van der Waals surface area contributed by atoms with E-state index in [1.165, 1.54) is 0 Å². The number of hydrogen-bond acceptors (Lipinski definition) is 5. The molecule has 2 heterocycles. The maximum absolute atomic E-state index is 13.0. The Kier molecular flexibility index (Phi) is 5.42. The van der Waals surface area contributed by atoms with Crippen molar-refractivity contribution in [1.29, 1.82) is 0 Å². The van der Waals surface area contributed by atoms with Crippen LogP contribution < -0.4 is 4.74 Å². The number of benzene rings is 1. The Bertz CT molecular complexity index is 996. The monoisotopic (exact) mass is 417 g/mol. The second-order valence-corrected chi connectivity index (χ2v) is 10.5. The summed E-state index contributed by atoms with van der Waals surface area (Å²) in [6.45, 7) is 4.28. The quantitative estimate of drug-likeness (QED) is 0.691. The summed E-state index contributed by atoms with van der Waals surface area (Å²) in [5.74, 6) is 3.24. The number of nitrogens with zero attached hydrogens (tertiary/aromatic N) is 1. The molecule has 1 aliphatic heterocycles. The van der Waals surface area contributed by atoms with Crippen molar-refractivity contribution in [1.82, 2.24) is 4.90 Å². The molecular formula is C22H27NO5S. The molecule has 2 fully saturated rings. The Morgan fingerprint density at radius 1 is 1.28 bits per heavy atom. The van der Waals surface area contributed by atoms with Gasteiger partial charge in [-0.1, -0.05) is 19.1 Å². The maximum Gasteiger partial charge on any atom is 0.261 e. The van der Waals surface area contributed by atoms with Gasteiger partial charge in [0.2, 0.25) is 0 Å². The smallest absolute Gasteiger partial charge is 0.261 e. The summed E-state index contributed by atoms with van der Waals surface area (Å²) in [6, 6.07) is 11.0. The predicted octanol–water partition coefficient (Wildman–Crippen LogP) is 3.31. The van der Waals surface area contributed by atoms with Crippen LogP contribution in [-0.2, 0) is 21.2 Å². The van der Waals surface area contributed by atoms with E-state index in [0.717, 1.165) is 17.7 Å². The van der Waals surface area contributed by atoms with Gasteiger partial charge in [0.15, 0.2) is 16.4 Å². The first-order valence-corrected chi connectivity index (χ1v) is 11.9. The Hall–Kier alpha value is -2.28. The fourth-order valence-corrected chi connectivity index (χ4v) is 5.67. The van der Waals surface area contributed by atoms with Gasteiger partial charge < -0.3 is 14.1 Å². The molecular weight excluding hydrogens is 390 g/mol. The summed E-state index contributed by atoms with van der Waals surface area (Å²) >= 11 is 0. The average Bonchev–Trinajstić information content (AvgIpc) is 3.06. The van der Waals surface area contributed by atoms with Gasteiger partial charge in [-0.2, -0.15) is 0 Å². The SMILES string of the molecule is Cc1cccc(OCC(=O)N(Cc2ccc(C3CC3C)o2)C2CCS(=O)(=O)C2)c1. The highest BCUT2D eigenvalue weighted by Crippen LogP contribution is 2.47. The molecule has 3 unspecified atom stereocenters. The second kappa shape index (κ2) is 7.86. The zero-order valence-electron chi connectivity index (χ0n) is 16.8. The molecule has 7 heteroatoms. The molecule has 29 heavy (non-hydrogen) atoms. The summed E-state index contributed by atoms with van der Waals surface area (Å²) in [4.78, 5) is 14.6. The van der Waals surface area contributed by atoms with Crippen LogP contribution in [0.1, 0.15) is 42.8 Å². The third kappa shape index (κ3) is 4.83. The molecule has 2 aliphatic rings. The minimum absolute atomic E-state index is 0.00356. The molecule has 1 aromatic carbocycles. The third-order valence-electron chi connectivity index (χ3n) is 5.80. The standard InChI is InChI=1S/C22H27NO5S/c1-15-4-3-5-18(10-15)27-13-22(24)23(17-8-9-29(25,26)14-17)12-19-6-7-21(28-19)20-11-16(20)2/h3-7,10,16-17,20H,8-9,11-14H2,1-2H3. The highest BCUT2D eigenvalue weighted by Gasteiger charge is 2.38. The molecule has 1 amide bonds. The number of ether oxygens (including phenoxy) is 1. The molecule has 156 valence electrons. The van der Waals surface area contributed by atoms with Crippen LogP contribution in [0.15, 0.2) is 40.8 Å². The van der Waals surface area contributed by atoms with Crippen molar-refractivity contribution >= 4 is 15.7 Å². The maximum atomic E-state index is 13.0. The number of sulfone groups is 1. The Balaban J connectivity index is 1.47.